The fourth-order valence-electron chi connectivity index (χ4n) is 2.77. The maximum absolute atomic E-state index is 12.8. The van der Waals surface area contributed by atoms with Crippen LogP contribution in [0.3, 0.4) is 0 Å². The van der Waals surface area contributed by atoms with Crippen molar-refractivity contribution in [2.75, 3.05) is 17.7 Å². The predicted octanol–water partition coefficient (Wildman–Crippen LogP) is 5.15. The zero-order chi connectivity index (χ0) is 24.3. The molecule has 174 valence electrons. The van der Waals surface area contributed by atoms with Crippen LogP contribution < -0.4 is 16.0 Å². The Bertz CT molecular complexity index is 1180. The van der Waals surface area contributed by atoms with Crippen molar-refractivity contribution in [3.63, 3.8) is 0 Å². The fourth-order valence-corrected chi connectivity index (χ4v) is 3.65. The van der Waals surface area contributed by atoms with E-state index in [2.05, 4.69) is 25.7 Å². The van der Waals surface area contributed by atoms with Crippen LogP contribution in [-0.2, 0) is 9.53 Å². The summed E-state index contributed by atoms with van der Waals surface area (Å²) in [6, 6.07) is 24.0. The van der Waals surface area contributed by atoms with E-state index in [9.17, 15) is 14.4 Å². The van der Waals surface area contributed by atoms with Crippen LogP contribution in [0.1, 0.15) is 23.7 Å². The van der Waals surface area contributed by atoms with Gasteiger partial charge in [-0.25, -0.2) is 4.79 Å². The van der Waals surface area contributed by atoms with Crippen molar-refractivity contribution in [3.8, 4) is 0 Å². The summed E-state index contributed by atoms with van der Waals surface area (Å²) in [4.78, 5) is 42.3. The lowest BCUT2D eigenvalue weighted by atomic mass is 10.2. The van der Waals surface area contributed by atoms with E-state index >= 15 is 0 Å². The number of benzene rings is 3. The van der Waals surface area contributed by atoms with Gasteiger partial charge >= 0.3 is 6.09 Å². The number of carbonyl (C=O) groups excluding carboxylic acids is 3. The van der Waals surface area contributed by atoms with Crippen molar-refractivity contribution in [1.29, 1.82) is 0 Å². The lowest BCUT2D eigenvalue weighted by molar-refractivity contribution is -0.117. The summed E-state index contributed by atoms with van der Waals surface area (Å²) in [6.45, 7) is 1.66. The number of ether oxygens (including phenoxy) is 1. The van der Waals surface area contributed by atoms with Crippen molar-refractivity contribution >= 4 is 47.0 Å². The Balaban J connectivity index is 1.95. The number of guanidine groups is 1. The van der Waals surface area contributed by atoms with Crippen molar-refractivity contribution < 1.29 is 19.1 Å². The molecule has 9 heteroatoms. The first-order valence-corrected chi connectivity index (χ1v) is 11.3. The standard InChI is InChI=1S/C25H24N4O4S/c1-3-22(30)28-24(29-25(32)33-2)27-21-16-19(34-18-12-8-5-9-13-18)14-15-20(21)26-23(31)17-10-6-4-7-11-17/h4-16H,3H2,1-2H3,(H,26,31)(H2,27,28,29,30,32). The molecule has 0 saturated carbocycles. The number of hydrogen-bond donors (Lipinski definition) is 3. The molecule has 0 atom stereocenters. The first kappa shape index (κ1) is 24.5. The molecule has 0 aromatic heterocycles. The monoisotopic (exact) mass is 476 g/mol. The topological polar surface area (TPSA) is 109 Å². The summed E-state index contributed by atoms with van der Waals surface area (Å²) in [5, 5.41) is 8.21. The maximum atomic E-state index is 12.8. The molecule has 3 N–H and O–H groups in total. The Labute approximate surface area is 201 Å². The molecule has 0 radical (unpaired) electrons. The molecule has 0 bridgehead atoms. The lowest BCUT2D eigenvalue weighted by Crippen LogP contribution is -2.36. The van der Waals surface area contributed by atoms with Gasteiger partial charge in [-0.3, -0.25) is 14.9 Å². The van der Waals surface area contributed by atoms with Crippen LogP contribution in [0, 0.1) is 0 Å². The van der Waals surface area contributed by atoms with Gasteiger partial charge < -0.3 is 15.4 Å². The highest BCUT2D eigenvalue weighted by Gasteiger charge is 2.14. The molecule has 8 nitrogen and oxygen atoms in total. The van der Waals surface area contributed by atoms with E-state index in [0.717, 1.165) is 9.79 Å². The molecular formula is C25H24N4O4S. The number of carbonyl (C=O) groups is 3. The number of nitrogens with zero attached hydrogens (tertiary/aromatic N) is 1. The first-order chi connectivity index (χ1) is 16.5. The number of alkyl carbamates (subject to hydrolysis) is 1. The smallest absolute Gasteiger partial charge is 0.413 e. The second kappa shape index (κ2) is 12.2. The number of amides is 3. The zero-order valence-electron chi connectivity index (χ0n) is 18.7. The molecule has 0 spiro atoms. The largest absolute Gasteiger partial charge is 0.453 e. The third-order valence-electron chi connectivity index (χ3n) is 4.45. The summed E-state index contributed by atoms with van der Waals surface area (Å²) >= 11 is 1.52. The van der Waals surface area contributed by atoms with Gasteiger partial charge in [-0.05, 0) is 42.5 Å². The quantitative estimate of drug-likeness (QED) is 0.335. The second-order valence-corrected chi connectivity index (χ2v) is 8.04. The van der Waals surface area contributed by atoms with E-state index in [1.807, 2.05) is 42.5 Å². The Morgan fingerprint density at radius 3 is 2.18 bits per heavy atom. The second-order valence-electron chi connectivity index (χ2n) is 6.89. The Kier molecular flexibility index (Phi) is 8.81. The fraction of sp³-hybridized carbons (Fsp3) is 0.120. The summed E-state index contributed by atoms with van der Waals surface area (Å²) in [6.07, 6.45) is -0.643. The van der Waals surface area contributed by atoms with Gasteiger partial charge in [0.15, 0.2) is 0 Å². The van der Waals surface area contributed by atoms with Crippen LogP contribution in [0.15, 0.2) is 93.6 Å². The van der Waals surface area contributed by atoms with Gasteiger partial charge in [0.2, 0.25) is 11.9 Å². The van der Waals surface area contributed by atoms with Gasteiger partial charge in [0, 0.05) is 21.8 Å². The molecule has 0 aliphatic rings. The highest BCUT2D eigenvalue weighted by atomic mass is 32.2. The molecule has 3 amide bonds. The summed E-state index contributed by atoms with van der Waals surface area (Å²) in [7, 11) is 1.21. The van der Waals surface area contributed by atoms with Gasteiger partial charge in [-0.15, -0.1) is 0 Å². The summed E-state index contributed by atoms with van der Waals surface area (Å²) in [5.74, 6) is -0.865. The van der Waals surface area contributed by atoms with Crippen molar-refractivity contribution in [1.82, 2.24) is 5.32 Å². The highest BCUT2D eigenvalue weighted by Crippen LogP contribution is 2.33. The van der Waals surface area contributed by atoms with Crippen LogP contribution >= 0.6 is 11.8 Å². The van der Waals surface area contributed by atoms with E-state index in [1.54, 1.807) is 43.3 Å². The van der Waals surface area contributed by atoms with E-state index in [-0.39, 0.29) is 18.3 Å². The van der Waals surface area contributed by atoms with Crippen LogP contribution in [0.4, 0.5) is 16.2 Å². The minimum absolute atomic E-state index is 0.115. The first-order valence-electron chi connectivity index (χ1n) is 10.5. The normalized spacial score (nSPS) is 10.8. The highest BCUT2D eigenvalue weighted by molar-refractivity contribution is 7.99. The van der Waals surface area contributed by atoms with Crippen molar-refractivity contribution in [2.45, 2.75) is 23.1 Å². The zero-order valence-corrected chi connectivity index (χ0v) is 19.5. The number of rotatable bonds is 6. The molecule has 34 heavy (non-hydrogen) atoms. The van der Waals surface area contributed by atoms with Crippen molar-refractivity contribution in [3.05, 3.63) is 84.4 Å². The molecule has 3 rings (SSSR count). The molecule has 0 fully saturated rings. The lowest BCUT2D eigenvalue weighted by Gasteiger charge is -2.16. The number of nitrogens with one attached hydrogen (secondary N) is 3. The van der Waals surface area contributed by atoms with E-state index in [1.165, 1.54) is 18.9 Å². The van der Waals surface area contributed by atoms with E-state index in [0.29, 0.717) is 16.9 Å². The molecule has 3 aromatic carbocycles. The van der Waals surface area contributed by atoms with E-state index in [4.69, 9.17) is 0 Å². The molecule has 0 saturated heterocycles. The third kappa shape index (κ3) is 7.21. The number of anilines is 2. The minimum atomic E-state index is -0.792. The van der Waals surface area contributed by atoms with Gasteiger partial charge in [-0.2, -0.15) is 4.99 Å². The predicted molar refractivity (Wildman–Crippen MR) is 133 cm³/mol. The molecule has 0 aliphatic carbocycles. The van der Waals surface area contributed by atoms with Crippen LogP contribution in [0.5, 0.6) is 0 Å². The Hall–Kier alpha value is -4.11. The Morgan fingerprint density at radius 2 is 1.53 bits per heavy atom. The summed E-state index contributed by atoms with van der Waals surface area (Å²) < 4.78 is 4.63. The average molecular weight is 477 g/mol. The molecular weight excluding hydrogens is 452 g/mol. The van der Waals surface area contributed by atoms with Gasteiger partial charge in [0.1, 0.15) is 0 Å². The van der Waals surface area contributed by atoms with Crippen LogP contribution in [0.25, 0.3) is 0 Å². The third-order valence-corrected chi connectivity index (χ3v) is 5.45. The van der Waals surface area contributed by atoms with Gasteiger partial charge in [-0.1, -0.05) is 55.1 Å². The van der Waals surface area contributed by atoms with E-state index < -0.39 is 12.0 Å². The number of methoxy groups -OCH3 is 1. The van der Waals surface area contributed by atoms with Gasteiger partial charge in [0.05, 0.1) is 18.5 Å². The Morgan fingerprint density at radius 1 is 0.853 bits per heavy atom. The maximum Gasteiger partial charge on any atom is 0.413 e. The number of hydrogen-bond acceptors (Lipinski definition) is 5. The van der Waals surface area contributed by atoms with Gasteiger partial charge in [0.25, 0.3) is 5.91 Å². The number of aliphatic imine (C=N–C) groups is 1. The van der Waals surface area contributed by atoms with Crippen LogP contribution in [-0.4, -0.2) is 31.0 Å². The molecule has 0 aliphatic heterocycles. The average Bonchev–Trinajstić information content (AvgIpc) is 2.86. The summed E-state index contributed by atoms with van der Waals surface area (Å²) in [5.41, 5.74) is 1.36. The molecule has 0 heterocycles. The molecule has 0 unspecified atom stereocenters. The molecule has 3 aromatic rings. The van der Waals surface area contributed by atoms with Crippen molar-refractivity contribution in [2.24, 2.45) is 4.99 Å². The SMILES string of the molecule is CCC(=O)/N=C(/NC(=O)OC)Nc1cc(Sc2ccccc2)ccc1NC(=O)c1ccccc1. The minimum Gasteiger partial charge on any atom is -0.453 e. The van der Waals surface area contributed by atoms with Crippen LogP contribution in [0.2, 0.25) is 0 Å².